The molecule has 0 heterocycles. The molecule has 1 rings (SSSR count). The molecule has 3 N–H and O–H groups in total. The predicted octanol–water partition coefficient (Wildman–Crippen LogP) is 2.22. The number of amides is 1. The number of nitrogens with two attached hydrogens (primary N) is 1. The molecule has 0 spiro atoms. The van der Waals surface area contributed by atoms with Gasteiger partial charge in [-0.1, -0.05) is 16.8 Å². The number of oxime groups is 1. The molecule has 8 heteroatoms. The van der Waals surface area contributed by atoms with Gasteiger partial charge in [-0.3, -0.25) is 4.79 Å². The summed E-state index contributed by atoms with van der Waals surface area (Å²) in [5, 5.41) is 10.9. The van der Waals surface area contributed by atoms with E-state index in [1.165, 1.54) is 11.9 Å². The number of nitrogens with zero attached hydrogens (tertiary/aromatic N) is 2. The van der Waals surface area contributed by atoms with Gasteiger partial charge in [0.25, 0.3) is 5.91 Å². The summed E-state index contributed by atoms with van der Waals surface area (Å²) < 4.78 is 27.0. The standard InChI is InChI=1S/C12H14ClF2N3O2/c1-6(3-11(16)17-20)18(2)12(19)7-4-10(15)8(13)5-9(7)14/h4-6,20H,3H2,1-2H3,(H2,16,17). The quantitative estimate of drug-likeness (QED) is 0.294. The van der Waals surface area contributed by atoms with E-state index in [9.17, 15) is 13.6 Å². The number of hydrogen-bond donors (Lipinski definition) is 2. The van der Waals surface area contributed by atoms with E-state index >= 15 is 0 Å². The van der Waals surface area contributed by atoms with Gasteiger partial charge in [-0.05, 0) is 19.1 Å². The minimum Gasteiger partial charge on any atom is -0.409 e. The van der Waals surface area contributed by atoms with Gasteiger partial charge in [0.15, 0.2) is 0 Å². The van der Waals surface area contributed by atoms with Gasteiger partial charge in [0.2, 0.25) is 0 Å². The predicted molar refractivity (Wildman–Crippen MR) is 70.9 cm³/mol. The Morgan fingerprint density at radius 1 is 1.50 bits per heavy atom. The van der Waals surface area contributed by atoms with Crippen molar-refractivity contribution in [1.29, 1.82) is 0 Å². The van der Waals surface area contributed by atoms with Gasteiger partial charge >= 0.3 is 0 Å². The van der Waals surface area contributed by atoms with Crippen molar-refractivity contribution < 1.29 is 18.8 Å². The Morgan fingerprint density at radius 3 is 2.65 bits per heavy atom. The zero-order valence-electron chi connectivity index (χ0n) is 10.9. The Hall–Kier alpha value is -1.89. The highest BCUT2D eigenvalue weighted by Gasteiger charge is 2.22. The van der Waals surface area contributed by atoms with Crippen LogP contribution in [0.4, 0.5) is 8.78 Å². The molecule has 1 aromatic rings. The van der Waals surface area contributed by atoms with Gasteiger partial charge in [0.05, 0.1) is 10.6 Å². The van der Waals surface area contributed by atoms with E-state index in [-0.39, 0.29) is 12.3 Å². The number of halogens is 3. The van der Waals surface area contributed by atoms with E-state index in [1.807, 2.05) is 0 Å². The second-order valence-corrected chi connectivity index (χ2v) is 4.71. The first-order valence-electron chi connectivity index (χ1n) is 5.66. The normalized spacial score (nSPS) is 13.2. The molecule has 0 radical (unpaired) electrons. The summed E-state index contributed by atoms with van der Waals surface area (Å²) in [5.41, 5.74) is 4.91. The van der Waals surface area contributed by atoms with Crippen LogP contribution in [0, 0.1) is 11.6 Å². The molecule has 20 heavy (non-hydrogen) atoms. The second-order valence-electron chi connectivity index (χ2n) is 4.31. The van der Waals surface area contributed by atoms with Crippen molar-refractivity contribution in [2.24, 2.45) is 10.9 Å². The summed E-state index contributed by atoms with van der Waals surface area (Å²) in [6.07, 6.45) is 0.0937. The molecule has 1 aromatic carbocycles. The smallest absolute Gasteiger partial charge is 0.256 e. The number of carbonyl (C=O) groups excluding carboxylic acids is 1. The fourth-order valence-electron chi connectivity index (χ4n) is 1.56. The number of rotatable bonds is 4. The molecule has 0 aliphatic rings. The van der Waals surface area contributed by atoms with Gasteiger partial charge in [-0.15, -0.1) is 0 Å². The van der Waals surface area contributed by atoms with Gasteiger partial charge in [-0.2, -0.15) is 0 Å². The molecule has 0 fully saturated rings. The lowest BCUT2D eigenvalue weighted by molar-refractivity contribution is 0.0742. The molecule has 0 aliphatic heterocycles. The number of benzene rings is 1. The van der Waals surface area contributed by atoms with Crippen molar-refractivity contribution in [3.05, 3.63) is 34.4 Å². The van der Waals surface area contributed by atoms with Crippen LogP contribution < -0.4 is 5.73 Å². The molecular weight excluding hydrogens is 292 g/mol. The molecule has 0 bridgehead atoms. The van der Waals surface area contributed by atoms with Gasteiger partial charge in [-0.25, -0.2) is 8.78 Å². The Bertz CT molecular complexity index is 552. The van der Waals surface area contributed by atoms with Crippen molar-refractivity contribution >= 4 is 23.3 Å². The molecule has 0 saturated heterocycles. The highest BCUT2D eigenvalue weighted by atomic mass is 35.5. The van der Waals surface area contributed by atoms with Crippen LogP contribution in [-0.4, -0.2) is 34.9 Å². The van der Waals surface area contributed by atoms with E-state index in [4.69, 9.17) is 22.5 Å². The molecule has 0 aliphatic carbocycles. The molecular formula is C12H14ClF2N3O2. The van der Waals surface area contributed by atoms with E-state index in [0.717, 1.165) is 12.1 Å². The lowest BCUT2D eigenvalue weighted by Crippen LogP contribution is -2.38. The zero-order valence-corrected chi connectivity index (χ0v) is 11.7. The van der Waals surface area contributed by atoms with Gasteiger partial charge < -0.3 is 15.8 Å². The summed E-state index contributed by atoms with van der Waals surface area (Å²) >= 11 is 5.42. The first kappa shape index (κ1) is 16.2. The van der Waals surface area contributed by atoms with Crippen LogP contribution in [-0.2, 0) is 0 Å². The molecule has 110 valence electrons. The van der Waals surface area contributed by atoms with E-state index in [0.29, 0.717) is 0 Å². The Balaban J connectivity index is 2.97. The fourth-order valence-corrected chi connectivity index (χ4v) is 1.71. The maximum atomic E-state index is 13.6. The largest absolute Gasteiger partial charge is 0.409 e. The second kappa shape index (κ2) is 6.51. The monoisotopic (exact) mass is 305 g/mol. The average molecular weight is 306 g/mol. The third kappa shape index (κ3) is 3.57. The molecule has 0 saturated carbocycles. The van der Waals surface area contributed by atoms with Crippen molar-refractivity contribution in [3.8, 4) is 0 Å². The summed E-state index contributed by atoms with van der Waals surface area (Å²) in [7, 11) is 1.41. The van der Waals surface area contributed by atoms with Crippen LogP contribution in [0.1, 0.15) is 23.7 Å². The molecule has 0 aromatic heterocycles. The van der Waals surface area contributed by atoms with Crippen molar-refractivity contribution in [1.82, 2.24) is 4.90 Å². The van der Waals surface area contributed by atoms with E-state index in [1.54, 1.807) is 6.92 Å². The average Bonchev–Trinajstić information content (AvgIpc) is 2.40. The molecule has 1 amide bonds. The van der Waals surface area contributed by atoms with Crippen LogP contribution in [0.5, 0.6) is 0 Å². The van der Waals surface area contributed by atoms with Crippen molar-refractivity contribution in [2.45, 2.75) is 19.4 Å². The zero-order chi connectivity index (χ0) is 15.4. The van der Waals surface area contributed by atoms with Gasteiger partial charge in [0, 0.05) is 19.5 Å². The van der Waals surface area contributed by atoms with Gasteiger partial charge in [0.1, 0.15) is 17.5 Å². The summed E-state index contributed by atoms with van der Waals surface area (Å²) in [6.45, 7) is 1.63. The third-order valence-corrected chi connectivity index (χ3v) is 3.14. The minimum atomic E-state index is -0.913. The van der Waals surface area contributed by atoms with Crippen LogP contribution in [0.2, 0.25) is 5.02 Å². The molecule has 1 atom stereocenters. The van der Waals surface area contributed by atoms with Crippen LogP contribution in [0.25, 0.3) is 0 Å². The lowest BCUT2D eigenvalue weighted by Gasteiger charge is -2.24. The Kier molecular flexibility index (Phi) is 5.26. The SMILES string of the molecule is CC(C/C(N)=N/O)N(C)C(=O)c1cc(F)c(Cl)cc1F. The maximum absolute atomic E-state index is 13.6. The highest BCUT2D eigenvalue weighted by molar-refractivity contribution is 6.30. The summed E-state index contributed by atoms with van der Waals surface area (Å²) in [6, 6.07) is 1.02. The van der Waals surface area contributed by atoms with Crippen molar-refractivity contribution in [3.63, 3.8) is 0 Å². The van der Waals surface area contributed by atoms with Crippen LogP contribution >= 0.6 is 11.6 Å². The summed E-state index contributed by atoms with van der Waals surface area (Å²) in [5.74, 6) is -2.59. The first-order chi connectivity index (χ1) is 9.27. The van der Waals surface area contributed by atoms with E-state index in [2.05, 4.69) is 5.16 Å². The minimum absolute atomic E-state index is 0.0695. The molecule has 1 unspecified atom stereocenters. The summed E-state index contributed by atoms with van der Waals surface area (Å²) in [4.78, 5) is 13.2. The number of amidine groups is 1. The topological polar surface area (TPSA) is 78.9 Å². The maximum Gasteiger partial charge on any atom is 0.256 e. The third-order valence-electron chi connectivity index (χ3n) is 2.85. The first-order valence-corrected chi connectivity index (χ1v) is 6.03. The number of carbonyl (C=O) groups is 1. The van der Waals surface area contributed by atoms with Crippen LogP contribution in [0.3, 0.4) is 0 Å². The van der Waals surface area contributed by atoms with Crippen molar-refractivity contribution in [2.75, 3.05) is 7.05 Å². The Labute approximate surface area is 119 Å². The molecule has 5 nitrogen and oxygen atoms in total. The van der Waals surface area contributed by atoms with Crippen LogP contribution in [0.15, 0.2) is 17.3 Å². The Morgan fingerprint density at radius 2 is 2.10 bits per heavy atom. The number of hydrogen-bond acceptors (Lipinski definition) is 3. The highest BCUT2D eigenvalue weighted by Crippen LogP contribution is 2.21. The lowest BCUT2D eigenvalue weighted by atomic mass is 10.1. The fraction of sp³-hybridized carbons (Fsp3) is 0.333. The van der Waals surface area contributed by atoms with E-state index < -0.39 is 34.2 Å².